The summed E-state index contributed by atoms with van der Waals surface area (Å²) in [5.41, 5.74) is 5.39. The molecule has 0 bridgehead atoms. The molecule has 2 N–H and O–H groups in total. The molecule has 0 spiro atoms. The van der Waals surface area contributed by atoms with Crippen LogP contribution in [-0.4, -0.2) is 71.1 Å². The lowest BCUT2D eigenvalue weighted by molar-refractivity contribution is -0.121. The number of nitrogens with zero attached hydrogens (tertiary/aromatic N) is 3. The van der Waals surface area contributed by atoms with Gasteiger partial charge in [-0.3, -0.25) is 9.59 Å². The molecule has 1 aromatic heterocycles. The Morgan fingerprint density at radius 3 is 2.44 bits per heavy atom. The van der Waals surface area contributed by atoms with E-state index in [-0.39, 0.29) is 5.56 Å². The Balaban J connectivity index is 1.32. The quantitative estimate of drug-likeness (QED) is 0.595. The topological polar surface area (TPSA) is 88.8 Å². The van der Waals surface area contributed by atoms with Gasteiger partial charge in [-0.25, -0.2) is 13.8 Å². The summed E-state index contributed by atoms with van der Waals surface area (Å²) in [5, 5.41) is 0. The molecule has 1 atom stereocenters. The average molecular weight is 501 g/mol. The van der Waals surface area contributed by atoms with E-state index in [1.54, 1.807) is 38.2 Å². The molecular weight excluding hydrogens is 466 g/mol. The van der Waals surface area contributed by atoms with Crippen LogP contribution in [0, 0.1) is 11.7 Å². The lowest BCUT2D eigenvalue weighted by Gasteiger charge is -2.34. The van der Waals surface area contributed by atoms with Gasteiger partial charge in [0.15, 0.2) is 0 Å². The molecule has 2 aliphatic heterocycles. The molecule has 0 aliphatic carbocycles. The minimum Gasteiger partial charge on any atom is -0.477 e. The first-order valence-corrected chi connectivity index (χ1v) is 12.5. The zero-order chi connectivity index (χ0) is 25.9. The summed E-state index contributed by atoms with van der Waals surface area (Å²) < 4.78 is 34.6. The molecule has 0 radical (unpaired) electrons. The number of aromatic nitrogens is 1. The first-order chi connectivity index (χ1) is 17.1. The van der Waals surface area contributed by atoms with E-state index in [2.05, 4.69) is 9.88 Å². The van der Waals surface area contributed by atoms with Gasteiger partial charge >= 0.3 is 0 Å². The number of ether oxygens (including phenoxy) is 1. The molecule has 2 aliphatic rings. The fraction of sp³-hybridized carbons (Fsp3) is 0.519. The fourth-order valence-electron chi connectivity index (χ4n) is 5.01. The van der Waals surface area contributed by atoms with Crippen molar-refractivity contribution in [1.82, 2.24) is 14.8 Å². The smallest absolute Gasteiger partial charge is 0.257 e. The van der Waals surface area contributed by atoms with Crippen molar-refractivity contribution in [1.29, 1.82) is 0 Å². The Bertz CT molecular complexity index is 1080. The van der Waals surface area contributed by atoms with Gasteiger partial charge in [-0.05, 0) is 82.3 Å². The molecule has 2 fully saturated rings. The monoisotopic (exact) mass is 500 g/mol. The van der Waals surface area contributed by atoms with Crippen LogP contribution < -0.4 is 10.5 Å². The van der Waals surface area contributed by atoms with Gasteiger partial charge in [0.25, 0.3) is 5.91 Å². The number of carbonyl (C=O) groups excluding carboxylic acids is 2. The number of halogens is 2. The predicted molar refractivity (Wildman–Crippen MR) is 133 cm³/mol. The largest absolute Gasteiger partial charge is 0.477 e. The second-order valence-corrected chi connectivity index (χ2v) is 10.4. The van der Waals surface area contributed by atoms with Crippen LogP contribution in [-0.2, 0) is 4.79 Å². The van der Waals surface area contributed by atoms with Crippen LogP contribution in [0.15, 0.2) is 36.5 Å². The van der Waals surface area contributed by atoms with E-state index in [9.17, 15) is 18.4 Å². The normalized spacial score (nSPS) is 19.4. The molecule has 3 heterocycles. The van der Waals surface area contributed by atoms with E-state index in [1.807, 2.05) is 0 Å². The van der Waals surface area contributed by atoms with Crippen LogP contribution >= 0.6 is 0 Å². The number of alkyl halides is 1. The number of hydrogen-bond donors (Lipinski definition) is 1. The molecule has 0 unspecified atom stereocenters. The van der Waals surface area contributed by atoms with E-state index in [1.165, 1.54) is 17.0 Å². The van der Waals surface area contributed by atoms with Crippen LogP contribution in [0.1, 0.15) is 49.9 Å². The predicted octanol–water partition coefficient (Wildman–Crippen LogP) is 3.82. The maximum Gasteiger partial charge on any atom is 0.257 e. The highest BCUT2D eigenvalue weighted by Crippen LogP contribution is 2.27. The highest BCUT2D eigenvalue weighted by atomic mass is 19.1. The molecule has 4 rings (SSSR count). The van der Waals surface area contributed by atoms with Gasteiger partial charge in [-0.15, -0.1) is 0 Å². The molecule has 2 saturated heterocycles. The summed E-state index contributed by atoms with van der Waals surface area (Å²) in [6.45, 7) is 6.31. The zero-order valence-corrected chi connectivity index (χ0v) is 20.9. The molecule has 1 aromatic carbocycles. The SMILES string of the molecule is CC(C)(F)CN1CCC(COc2ccc(-c3ccc(C(=O)N4CCC[C@H]4C(N)=O)c(F)c3)cn2)CC1. The van der Waals surface area contributed by atoms with Gasteiger partial charge in [-0.1, -0.05) is 6.07 Å². The van der Waals surface area contributed by atoms with E-state index >= 15 is 0 Å². The Morgan fingerprint density at radius 2 is 1.83 bits per heavy atom. The van der Waals surface area contributed by atoms with Gasteiger partial charge in [0.2, 0.25) is 11.8 Å². The van der Waals surface area contributed by atoms with E-state index in [0.717, 1.165) is 25.9 Å². The van der Waals surface area contributed by atoms with Crippen molar-refractivity contribution in [3.05, 3.63) is 47.9 Å². The number of primary amides is 1. The van der Waals surface area contributed by atoms with Crippen LogP contribution in [0.2, 0.25) is 0 Å². The van der Waals surface area contributed by atoms with Crippen LogP contribution in [0.25, 0.3) is 11.1 Å². The van der Waals surface area contributed by atoms with E-state index < -0.39 is 29.3 Å². The van der Waals surface area contributed by atoms with E-state index in [0.29, 0.717) is 55.5 Å². The average Bonchev–Trinajstić information content (AvgIpc) is 3.33. The number of carbonyl (C=O) groups is 2. The van der Waals surface area contributed by atoms with Crippen LogP contribution in [0.5, 0.6) is 5.88 Å². The van der Waals surface area contributed by atoms with Gasteiger partial charge in [-0.2, -0.15) is 0 Å². The molecule has 36 heavy (non-hydrogen) atoms. The van der Waals surface area contributed by atoms with Crippen LogP contribution in [0.3, 0.4) is 0 Å². The van der Waals surface area contributed by atoms with Gasteiger partial charge < -0.3 is 20.3 Å². The Hall–Kier alpha value is -3.07. The number of pyridine rings is 1. The molecule has 2 aromatic rings. The standard InChI is InChI=1S/C27H34F2N4O3/c1-27(2,29)17-32-12-9-18(10-13-32)16-36-24-8-6-20(15-31-24)19-5-7-21(22(28)14-19)26(35)33-11-3-4-23(33)25(30)34/h5-8,14-15,18,23H,3-4,9-13,16-17H2,1-2H3,(H2,30,34)/t23-/m0/s1. The second kappa shape index (κ2) is 10.9. The molecule has 7 nitrogen and oxygen atoms in total. The molecule has 9 heteroatoms. The third kappa shape index (κ3) is 6.37. The number of nitrogens with two attached hydrogens (primary N) is 1. The van der Waals surface area contributed by atoms with Crippen molar-refractivity contribution < 1.29 is 23.1 Å². The second-order valence-electron chi connectivity index (χ2n) is 10.4. The van der Waals surface area contributed by atoms with Gasteiger partial charge in [0.05, 0.1) is 12.2 Å². The van der Waals surface area contributed by atoms with E-state index in [4.69, 9.17) is 10.5 Å². The highest BCUT2D eigenvalue weighted by molar-refractivity contribution is 5.98. The Kier molecular flexibility index (Phi) is 7.88. The lowest BCUT2D eigenvalue weighted by Crippen LogP contribution is -2.43. The fourth-order valence-corrected chi connectivity index (χ4v) is 5.01. The number of likely N-dealkylation sites (tertiary alicyclic amines) is 2. The molecule has 0 saturated carbocycles. The summed E-state index contributed by atoms with van der Waals surface area (Å²) >= 11 is 0. The molecule has 2 amide bonds. The third-order valence-corrected chi connectivity index (χ3v) is 6.88. The number of hydrogen-bond acceptors (Lipinski definition) is 5. The summed E-state index contributed by atoms with van der Waals surface area (Å²) in [6.07, 6.45) is 4.68. The minimum absolute atomic E-state index is 0.0825. The first kappa shape index (κ1) is 26.0. The van der Waals surface area contributed by atoms with Crippen molar-refractivity contribution in [3.8, 4) is 17.0 Å². The number of rotatable bonds is 8. The third-order valence-electron chi connectivity index (χ3n) is 6.88. The molecule has 194 valence electrons. The number of benzene rings is 1. The maximum atomic E-state index is 14.9. The number of piperidine rings is 1. The zero-order valence-electron chi connectivity index (χ0n) is 20.9. The van der Waals surface area contributed by atoms with Crippen molar-refractivity contribution >= 4 is 11.8 Å². The summed E-state index contributed by atoms with van der Waals surface area (Å²) in [7, 11) is 0. The summed E-state index contributed by atoms with van der Waals surface area (Å²) in [6, 6.07) is 7.25. The summed E-state index contributed by atoms with van der Waals surface area (Å²) in [4.78, 5) is 32.2. The first-order valence-electron chi connectivity index (χ1n) is 12.5. The molecular formula is C27H34F2N4O3. The highest BCUT2D eigenvalue weighted by Gasteiger charge is 2.34. The Labute approximate surface area is 210 Å². The number of amides is 2. The maximum absolute atomic E-state index is 14.9. The minimum atomic E-state index is -1.18. The van der Waals surface area contributed by atoms with Crippen molar-refractivity contribution in [3.63, 3.8) is 0 Å². The van der Waals surface area contributed by atoms with Crippen molar-refractivity contribution in [2.24, 2.45) is 11.7 Å². The Morgan fingerprint density at radius 1 is 1.11 bits per heavy atom. The van der Waals surface area contributed by atoms with Gasteiger partial charge in [0.1, 0.15) is 17.5 Å². The van der Waals surface area contributed by atoms with Crippen molar-refractivity contribution in [2.45, 2.75) is 51.2 Å². The summed E-state index contributed by atoms with van der Waals surface area (Å²) in [5.74, 6) is -0.867. The van der Waals surface area contributed by atoms with Crippen molar-refractivity contribution in [2.75, 3.05) is 32.8 Å². The van der Waals surface area contributed by atoms with Gasteiger partial charge in [0, 0.05) is 30.9 Å². The lowest BCUT2D eigenvalue weighted by atomic mass is 9.97. The van der Waals surface area contributed by atoms with Crippen LogP contribution in [0.4, 0.5) is 8.78 Å².